The molecule has 0 aliphatic carbocycles. The summed E-state index contributed by atoms with van der Waals surface area (Å²) in [6, 6.07) is -0.349. The van der Waals surface area contributed by atoms with Gasteiger partial charge < -0.3 is 15.0 Å². The third-order valence-corrected chi connectivity index (χ3v) is 4.61. The maximum atomic E-state index is 12.6. The molecule has 2 fully saturated rings. The maximum Gasteiger partial charge on any atom is 0.246 e. The Morgan fingerprint density at radius 3 is 2.71 bits per heavy atom. The van der Waals surface area contributed by atoms with Crippen LogP contribution in [0.25, 0.3) is 0 Å². The van der Waals surface area contributed by atoms with Gasteiger partial charge in [-0.25, -0.2) is 0 Å². The van der Waals surface area contributed by atoms with E-state index < -0.39 is 5.54 Å². The van der Waals surface area contributed by atoms with Crippen LogP contribution in [0.3, 0.4) is 0 Å². The third kappa shape index (κ3) is 3.57. The van der Waals surface area contributed by atoms with Crippen LogP contribution in [0.1, 0.15) is 59.3 Å². The molecule has 2 atom stereocenters. The normalized spacial score (nSPS) is 28.8. The van der Waals surface area contributed by atoms with Crippen LogP contribution in [-0.2, 0) is 14.3 Å². The smallest absolute Gasteiger partial charge is 0.246 e. The van der Waals surface area contributed by atoms with E-state index in [2.05, 4.69) is 5.32 Å². The first-order valence-corrected chi connectivity index (χ1v) is 8.21. The zero-order valence-corrected chi connectivity index (χ0v) is 13.5. The monoisotopic (exact) mass is 296 g/mol. The molecule has 120 valence electrons. The number of rotatable bonds is 6. The molecule has 2 aliphatic rings. The molecule has 0 aromatic carbocycles. The predicted octanol–water partition coefficient (Wildman–Crippen LogP) is 1.85. The first-order valence-electron chi connectivity index (χ1n) is 8.21. The fourth-order valence-electron chi connectivity index (χ4n) is 3.21. The molecular weight excluding hydrogens is 268 g/mol. The summed E-state index contributed by atoms with van der Waals surface area (Å²) in [6.07, 6.45) is 6.07. The van der Waals surface area contributed by atoms with Gasteiger partial charge in [0.25, 0.3) is 0 Å². The second-order valence-electron chi connectivity index (χ2n) is 6.64. The summed E-state index contributed by atoms with van der Waals surface area (Å²) >= 11 is 0. The highest BCUT2D eigenvalue weighted by molar-refractivity contribution is 5.99. The molecule has 2 unspecified atom stereocenters. The van der Waals surface area contributed by atoms with Crippen molar-refractivity contribution in [1.82, 2.24) is 10.2 Å². The van der Waals surface area contributed by atoms with Crippen LogP contribution in [0.2, 0.25) is 0 Å². The van der Waals surface area contributed by atoms with Crippen LogP contribution < -0.4 is 5.32 Å². The molecule has 0 saturated carbocycles. The number of hydrogen-bond donors (Lipinski definition) is 1. The quantitative estimate of drug-likeness (QED) is 0.814. The second-order valence-corrected chi connectivity index (χ2v) is 6.64. The van der Waals surface area contributed by atoms with E-state index >= 15 is 0 Å². The van der Waals surface area contributed by atoms with E-state index in [-0.39, 0.29) is 17.9 Å². The average molecular weight is 296 g/mol. The lowest BCUT2D eigenvalue weighted by Gasteiger charge is -2.44. The Kier molecular flexibility index (Phi) is 5.25. The van der Waals surface area contributed by atoms with Gasteiger partial charge in [0.05, 0.1) is 6.10 Å². The number of hydrogen-bond acceptors (Lipinski definition) is 3. The Labute approximate surface area is 127 Å². The van der Waals surface area contributed by atoms with Gasteiger partial charge in [-0.3, -0.25) is 9.59 Å². The molecule has 0 aromatic rings. The fourth-order valence-corrected chi connectivity index (χ4v) is 3.21. The summed E-state index contributed by atoms with van der Waals surface area (Å²) in [7, 11) is 0. The minimum absolute atomic E-state index is 0.0438. The molecule has 5 nitrogen and oxygen atoms in total. The number of ether oxygens (including phenoxy) is 1. The highest BCUT2D eigenvalue weighted by atomic mass is 16.5. The molecule has 0 spiro atoms. The molecule has 0 radical (unpaired) electrons. The number of carbonyl (C=O) groups is 2. The zero-order valence-electron chi connectivity index (χ0n) is 13.5. The Morgan fingerprint density at radius 2 is 2.10 bits per heavy atom. The molecule has 21 heavy (non-hydrogen) atoms. The fraction of sp³-hybridized carbons (Fsp3) is 0.875. The topological polar surface area (TPSA) is 58.6 Å². The summed E-state index contributed by atoms with van der Waals surface area (Å²) in [5, 5.41) is 2.86. The van der Waals surface area contributed by atoms with E-state index in [1.165, 1.54) is 0 Å². The van der Waals surface area contributed by atoms with Crippen molar-refractivity contribution in [3.05, 3.63) is 0 Å². The SMILES string of the molecule is CCCC1NC(=O)C(C)(C)N(CCCC2CCCO2)C1=O. The highest BCUT2D eigenvalue weighted by Crippen LogP contribution is 2.24. The zero-order chi connectivity index (χ0) is 15.5. The molecular formula is C16H28N2O3. The summed E-state index contributed by atoms with van der Waals surface area (Å²) in [6.45, 7) is 7.18. The van der Waals surface area contributed by atoms with Crippen LogP contribution in [0.4, 0.5) is 0 Å². The van der Waals surface area contributed by atoms with Crippen LogP contribution in [0.15, 0.2) is 0 Å². The lowest BCUT2D eigenvalue weighted by Crippen LogP contribution is -2.68. The predicted molar refractivity (Wildman–Crippen MR) is 80.8 cm³/mol. The van der Waals surface area contributed by atoms with Gasteiger partial charge in [-0.05, 0) is 46.0 Å². The van der Waals surface area contributed by atoms with Gasteiger partial charge in [-0.1, -0.05) is 13.3 Å². The molecule has 2 rings (SSSR count). The van der Waals surface area contributed by atoms with Crippen molar-refractivity contribution in [1.29, 1.82) is 0 Å². The van der Waals surface area contributed by atoms with Crippen molar-refractivity contribution in [2.45, 2.75) is 77.0 Å². The van der Waals surface area contributed by atoms with Crippen LogP contribution in [-0.4, -0.2) is 47.6 Å². The molecule has 0 bridgehead atoms. The van der Waals surface area contributed by atoms with Crippen molar-refractivity contribution >= 4 is 11.8 Å². The number of piperazine rings is 1. The highest BCUT2D eigenvalue weighted by Gasteiger charge is 2.45. The number of carbonyl (C=O) groups excluding carboxylic acids is 2. The molecule has 2 aliphatic heterocycles. The number of amides is 2. The minimum atomic E-state index is -0.752. The van der Waals surface area contributed by atoms with Gasteiger partial charge >= 0.3 is 0 Å². The van der Waals surface area contributed by atoms with Crippen LogP contribution >= 0.6 is 0 Å². The first kappa shape index (κ1) is 16.3. The summed E-state index contributed by atoms with van der Waals surface area (Å²) in [4.78, 5) is 26.6. The van der Waals surface area contributed by atoms with E-state index in [1.807, 2.05) is 20.8 Å². The molecule has 0 aromatic heterocycles. The number of nitrogens with one attached hydrogen (secondary N) is 1. The van der Waals surface area contributed by atoms with Crippen molar-refractivity contribution in [2.75, 3.05) is 13.2 Å². The van der Waals surface area contributed by atoms with Gasteiger partial charge in [0, 0.05) is 13.2 Å². The minimum Gasteiger partial charge on any atom is -0.378 e. The molecule has 2 heterocycles. The van der Waals surface area contributed by atoms with Gasteiger partial charge in [0.1, 0.15) is 11.6 Å². The Bertz CT molecular complexity index is 389. The van der Waals surface area contributed by atoms with Gasteiger partial charge in [-0.15, -0.1) is 0 Å². The summed E-state index contributed by atoms with van der Waals surface area (Å²) < 4.78 is 5.62. The van der Waals surface area contributed by atoms with Gasteiger partial charge in [0.2, 0.25) is 11.8 Å². The summed E-state index contributed by atoms with van der Waals surface area (Å²) in [5.41, 5.74) is -0.752. The molecule has 2 saturated heterocycles. The van der Waals surface area contributed by atoms with Crippen molar-refractivity contribution in [2.24, 2.45) is 0 Å². The van der Waals surface area contributed by atoms with Gasteiger partial charge in [-0.2, -0.15) is 0 Å². The van der Waals surface area contributed by atoms with Crippen molar-refractivity contribution in [3.8, 4) is 0 Å². The first-order chi connectivity index (χ1) is 9.96. The van der Waals surface area contributed by atoms with E-state index in [0.29, 0.717) is 19.1 Å². The molecule has 5 heteroatoms. The van der Waals surface area contributed by atoms with E-state index in [1.54, 1.807) is 4.90 Å². The van der Waals surface area contributed by atoms with Crippen molar-refractivity contribution in [3.63, 3.8) is 0 Å². The third-order valence-electron chi connectivity index (χ3n) is 4.61. The Hall–Kier alpha value is -1.10. The van der Waals surface area contributed by atoms with E-state index in [0.717, 1.165) is 38.7 Å². The molecule has 1 N–H and O–H groups in total. The van der Waals surface area contributed by atoms with Crippen molar-refractivity contribution < 1.29 is 14.3 Å². The van der Waals surface area contributed by atoms with Crippen LogP contribution in [0.5, 0.6) is 0 Å². The van der Waals surface area contributed by atoms with E-state index in [9.17, 15) is 9.59 Å². The standard InChI is InChI=1S/C16H28N2O3/c1-4-7-13-14(19)18(16(2,3)15(20)17-13)10-5-8-12-9-6-11-21-12/h12-13H,4-11H2,1-3H3,(H,17,20). The number of nitrogens with zero attached hydrogens (tertiary/aromatic N) is 1. The lowest BCUT2D eigenvalue weighted by molar-refractivity contribution is -0.155. The Balaban J connectivity index is 1.95. The molecule has 2 amide bonds. The Morgan fingerprint density at radius 1 is 1.33 bits per heavy atom. The average Bonchev–Trinajstić information content (AvgIpc) is 2.94. The van der Waals surface area contributed by atoms with E-state index in [4.69, 9.17) is 4.74 Å². The van der Waals surface area contributed by atoms with Gasteiger partial charge in [0.15, 0.2) is 0 Å². The van der Waals surface area contributed by atoms with Crippen LogP contribution in [0, 0.1) is 0 Å². The maximum absolute atomic E-state index is 12.6. The summed E-state index contributed by atoms with van der Waals surface area (Å²) in [5.74, 6) is 0.0199. The largest absolute Gasteiger partial charge is 0.378 e. The second kappa shape index (κ2) is 6.77. The lowest BCUT2D eigenvalue weighted by atomic mass is 9.93.